The summed E-state index contributed by atoms with van der Waals surface area (Å²) in [4.78, 5) is 20.4. The van der Waals surface area contributed by atoms with E-state index in [0.717, 1.165) is 40.8 Å². The van der Waals surface area contributed by atoms with Crippen molar-refractivity contribution in [1.29, 1.82) is 0 Å². The molecule has 1 amide bonds. The van der Waals surface area contributed by atoms with Crippen molar-refractivity contribution in [3.05, 3.63) is 131 Å². The van der Waals surface area contributed by atoms with Crippen molar-refractivity contribution < 1.29 is 18.1 Å². The topological polar surface area (TPSA) is 93.8 Å². The third-order valence-corrected chi connectivity index (χ3v) is 7.30. The Bertz CT molecular complexity index is 1640. The Hall–Kier alpha value is -4.63. The lowest BCUT2D eigenvalue weighted by Gasteiger charge is -2.06. The zero-order valence-electron chi connectivity index (χ0n) is 24.6. The summed E-state index contributed by atoms with van der Waals surface area (Å²) in [6, 6.07) is 21.6. The molecule has 4 aromatic rings. The number of benzene rings is 3. The van der Waals surface area contributed by atoms with Crippen molar-refractivity contribution in [2.45, 2.75) is 37.8 Å². The summed E-state index contributed by atoms with van der Waals surface area (Å²) >= 11 is 1.74. The fourth-order valence-corrected chi connectivity index (χ4v) is 4.69. The Morgan fingerprint density at radius 2 is 1.79 bits per heavy atom. The number of aromatic nitrogens is 1. The van der Waals surface area contributed by atoms with Crippen LogP contribution >= 0.6 is 11.8 Å². The minimum Gasteiger partial charge on any atom is -0.366 e. The minimum atomic E-state index is -0.894. The van der Waals surface area contributed by atoms with Crippen LogP contribution in [-0.2, 0) is 12.2 Å². The minimum absolute atomic E-state index is 0.139. The van der Waals surface area contributed by atoms with Crippen LogP contribution in [0.3, 0.4) is 0 Å². The first-order chi connectivity index (χ1) is 20.7. The number of aryl methyl sites for hydroxylation is 1. The molecule has 0 bridgehead atoms. The fraction of sp³-hybridized carbons (Fsp3) is 0.176. The zero-order chi connectivity index (χ0) is 31.4. The number of rotatable bonds is 10. The first-order valence-corrected chi connectivity index (χ1v) is 14.5. The van der Waals surface area contributed by atoms with Gasteiger partial charge >= 0.3 is 0 Å². The van der Waals surface area contributed by atoms with Crippen LogP contribution in [0.15, 0.2) is 116 Å². The van der Waals surface area contributed by atoms with E-state index in [9.17, 15) is 13.6 Å². The van der Waals surface area contributed by atoms with Crippen LogP contribution in [0.25, 0.3) is 11.3 Å². The molecule has 0 fully saturated rings. The van der Waals surface area contributed by atoms with Crippen molar-refractivity contribution in [3.63, 3.8) is 0 Å². The maximum absolute atomic E-state index is 13.6. The number of hydrogen-bond acceptors (Lipinski definition) is 6. The second-order valence-electron chi connectivity index (χ2n) is 9.29. The molecule has 4 rings (SSSR count). The van der Waals surface area contributed by atoms with E-state index in [1.807, 2.05) is 25.1 Å². The lowest BCUT2D eigenvalue weighted by atomic mass is 10.1. The third kappa shape index (κ3) is 9.44. The number of amides is 1. The maximum Gasteiger partial charge on any atom is 0.248 e. The summed E-state index contributed by atoms with van der Waals surface area (Å²) in [5.41, 5.74) is 10.6. The van der Waals surface area contributed by atoms with Crippen LogP contribution in [0.2, 0.25) is 0 Å². The molecule has 0 aliphatic rings. The lowest BCUT2D eigenvalue weighted by molar-refractivity contribution is 0.1000. The predicted octanol–water partition coefficient (Wildman–Crippen LogP) is 8.23. The maximum atomic E-state index is 13.6. The molecule has 1 heterocycles. The van der Waals surface area contributed by atoms with Gasteiger partial charge in [0.1, 0.15) is 11.5 Å². The van der Waals surface area contributed by atoms with E-state index in [0.29, 0.717) is 22.5 Å². The van der Waals surface area contributed by atoms with Crippen LogP contribution in [0, 0.1) is 11.6 Å². The van der Waals surface area contributed by atoms with Gasteiger partial charge in [0.05, 0.1) is 5.70 Å². The van der Waals surface area contributed by atoms with E-state index < -0.39 is 17.5 Å². The van der Waals surface area contributed by atoms with E-state index in [-0.39, 0.29) is 5.56 Å². The van der Waals surface area contributed by atoms with Crippen molar-refractivity contribution >= 4 is 29.6 Å². The zero-order valence-corrected chi connectivity index (χ0v) is 25.4. The summed E-state index contributed by atoms with van der Waals surface area (Å²) < 4.78 is 32.0. The smallest absolute Gasteiger partial charge is 0.248 e. The van der Waals surface area contributed by atoms with Crippen molar-refractivity contribution in [2.75, 3.05) is 7.05 Å². The van der Waals surface area contributed by atoms with Crippen molar-refractivity contribution in [2.24, 2.45) is 15.7 Å². The highest BCUT2D eigenvalue weighted by molar-refractivity contribution is 7.98. The molecule has 6 nitrogen and oxygen atoms in total. The summed E-state index contributed by atoms with van der Waals surface area (Å²) in [7, 11) is 1.63. The highest BCUT2D eigenvalue weighted by atomic mass is 32.2. The van der Waals surface area contributed by atoms with Crippen LogP contribution in [0.5, 0.6) is 0 Å². The molecule has 0 aliphatic carbocycles. The molecule has 0 spiro atoms. The summed E-state index contributed by atoms with van der Waals surface area (Å²) in [6.07, 6.45) is 4.15. The lowest BCUT2D eigenvalue weighted by Crippen LogP contribution is -2.10. The number of hydrogen-bond donors (Lipinski definition) is 1. The monoisotopic (exact) mass is 600 g/mol. The molecule has 43 heavy (non-hydrogen) atoms. The van der Waals surface area contributed by atoms with Gasteiger partial charge in [0.2, 0.25) is 5.91 Å². The van der Waals surface area contributed by atoms with Crippen molar-refractivity contribution in [3.8, 4) is 11.3 Å². The molecular formula is C34H34F2N4O2S. The van der Waals surface area contributed by atoms with E-state index in [1.54, 1.807) is 57.1 Å². The van der Waals surface area contributed by atoms with Gasteiger partial charge in [-0.05, 0) is 55.8 Å². The molecule has 0 unspecified atom stereocenters. The molecule has 3 aromatic carbocycles. The number of halogens is 2. The predicted molar refractivity (Wildman–Crippen MR) is 172 cm³/mol. The normalized spacial score (nSPS) is 11.8. The first kappa shape index (κ1) is 32.9. The summed E-state index contributed by atoms with van der Waals surface area (Å²) in [5, 5.41) is 4.08. The quantitative estimate of drug-likeness (QED) is 0.113. The molecule has 0 atom stereocenters. The molecule has 9 heteroatoms. The molecule has 2 N–H and O–H groups in total. The number of thioether (sulfide) groups is 1. The Morgan fingerprint density at radius 3 is 2.37 bits per heavy atom. The Morgan fingerprint density at radius 1 is 1.09 bits per heavy atom. The van der Waals surface area contributed by atoms with Gasteiger partial charge < -0.3 is 10.3 Å². The van der Waals surface area contributed by atoms with Gasteiger partial charge in [-0.3, -0.25) is 14.8 Å². The van der Waals surface area contributed by atoms with E-state index >= 15 is 0 Å². The van der Waals surface area contributed by atoms with Gasteiger partial charge in [-0.25, -0.2) is 8.78 Å². The first-order valence-electron chi connectivity index (χ1n) is 13.5. The Labute approximate surface area is 255 Å². The average Bonchev–Trinajstić information content (AvgIpc) is 3.50. The number of nitrogens with two attached hydrogens (primary N) is 1. The van der Waals surface area contributed by atoms with Crippen LogP contribution in [-0.4, -0.2) is 30.0 Å². The molecule has 0 saturated carbocycles. The molecule has 222 valence electrons. The molecular weight excluding hydrogens is 566 g/mol. The molecule has 0 radical (unpaired) electrons. The number of carbonyl (C=O) groups is 1. The Balaban J connectivity index is 0.000000243. The van der Waals surface area contributed by atoms with Crippen LogP contribution in [0.4, 0.5) is 8.78 Å². The molecule has 1 aromatic heterocycles. The molecule has 0 saturated heterocycles. The summed E-state index contributed by atoms with van der Waals surface area (Å²) in [6.45, 7) is 9.27. The van der Waals surface area contributed by atoms with Crippen LogP contribution < -0.4 is 5.73 Å². The van der Waals surface area contributed by atoms with E-state index in [4.69, 9.17) is 10.3 Å². The van der Waals surface area contributed by atoms with Gasteiger partial charge in [0.15, 0.2) is 11.6 Å². The van der Waals surface area contributed by atoms with E-state index in [1.165, 1.54) is 17.0 Å². The second kappa shape index (κ2) is 16.1. The number of carbonyl (C=O) groups excluding carboxylic acids is 1. The standard InChI is InChI=1S/C19H18N2O2S.C15H16F2N2/c1-2-16-11-18(21-23-16)14-7-9-17(10-8-14)24-12-13-3-5-15(6-4-13)19(20)22;1-5-14(10(2)9-18-4)19-11(3)12-7-6-8-13(16)15(12)17/h3-11H,2,12H2,1H3,(H2,20,22);5-9H,2H2,1,3-4H3/b;14-5+,18-9?,19-11?. The highest BCUT2D eigenvalue weighted by Crippen LogP contribution is 2.27. The van der Waals surface area contributed by atoms with Gasteiger partial charge in [-0.1, -0.05) is 55.1 Å². The molecule has 0 aliphatic heterocycles. The van der Waals surface area contributed by atoms with Gasteiger partial charge in [-0.15, -0.1) is 11.8 Å². The fourth-order valence-electron chi connectivity index (χ4n) is 3.84. The largest absolute Gasteiger partial charge is 0.366 e. The number of nitrogens with zero attached hydrogens (tertiary/aromatic N) is 3. The summed E-state index contributed by atoms with van der Waals surface area (Å²) in [5.74, 6) is -0.453. The highest BCUT2D eigenvalue weighted by Gasteiger charge is 2.11. The van der Waals surface area contributed by atoms with Gasteiger partial charge in [0, 0.05) is 64.4 Å². The number of primary amides is 1. The third-order valence-electron chi connectivity index (χ3n) is 6.22. The van der Waals surface area contributed by atoms with Gasteiger partial charge in [-0.2, -0.15) is 0 Å². The van der Waals surface area contributed by atoms with Gasteiger partial charge in [0.25, 0.3) is 0 Å². The SMILES string of the molecule is C=C(C=NC)/C(=C\C)N=C(C)c1cccc(F)c1F.CCc1cc(-c2ccc(SCc3ccc(C(N)=O)cc3)cc2)no1. The van der Waals surface area contributed by atoms with Crippen molar-refractivity contribution in [1.82, 2.24) is 5.16 Å². The second-order valence-corrected chi connectivity index (χ2v) is 10.3. The number of aliphatic imine (C=N–C) groups is 2. The Kier molecular flexibility index (Phi) is 12.3. The van der Waals surface area contributed by atoms with E-state index in [2.05, 4.69) is 46.0 Å². The average molecular weight is 601 g/mol. The number of allylic oxidation sites excluding steroid dienone is 2. The van der Waals surface area contributed by atoms with Crippen LogP contribution in [0.1, 0.15) is 48.0 Å².